The number of carboxylic acids is 1. The SMILES string of the molecule is O=C(O)C1CCCc2sc(NCCCc3ncc[nH]3)nc21. The Labute approximate surface area is 126 Å². The highest BCUT2D eigenvalue weighted by Crippen LogP contribution is 2.36. The third kappa shape index (κ3) is 3.24. The second-order valence-electron chi connectivity index (χ2n) is 5.18. The van der Waals surface area contributed by atoms with Crippen LogP contribution in [0.15, 0.2) is 12.4 Å². The average molecular weight is 306 g/mol. The summed E-state index contributed by atoms with van der Waals surface area (Å²) < 4.78 is 0. The van der Waals surface area contributed by atoms with E-state index < -0.39 is 11.9 Å². The van der Waals surface area contributed by atoms with Crippen LogP contribution < -0.4 is 5.32 Å². The first-order valence-corrected chi connectivity index (χ1v) is 8.00. The van der Waals surface area contributed by atoms with Crippen molar-refractivity contribution in [3.05, 3.63) is 28.8 Å². The molecule has 0 saturated heterocycles. The number of rotatable bonds is 6. The van der Waals surface area contributed by atoms with Crippen molar-refractivity contribution in [3.8, 4) is 0 Å². The Bertz CT molecular complexity index is 609. The van der Waals surface area contributed by atoms with Gasteiger partial charge in [-0.3, -0.25) is 4.79 Å². The van der Waals surface area contributed by atoms with Crippen molar-refractivity contribution in [2.45, 2.75) is 38.0 Å². The molecule has 0 amide bonds. The summed E-state index contributed by atoms with van der Waals surface area (Å²) in [4.78, 5) is 24.1. The summed E-state index contributed by atoms with van der Waals surface area (Å²) in [5, 5.41) is 13.4. The minimum absolute atomic E-state index is 0.427. The first-order valence-electron chi connectivity index (χ1n) is 7.18. The maximum Gasteiger partial charge on any atom is 0.312 e. The summed E-state index contributed by atoms with van der Waals surface area (Å²) in [6.07, 6.45) is 8.01. The van der Waals surface area contributed by atoms with E-state index in [1.807, 2.05) is 6.20 Å². The third-order valence-corrected chi connectivity index (χ3v) is 4.76. The molecule has 3 N–H and O–H groups in total. The lowest BCUT2D eigenvalue weighted by atomic mass is 9.91. The zero-order valence-corrected chi connectivity index (χ0v) is 12.4. The average Bonchev–Trinajstić information content (AvgIpc) is 3.11. The van der Waals surface area contributed by atoms with Gasteiger partial charge in [0.25, 0.3) is 0 Å². The van der Waals surface area contributed by atoms with Crippen LogP contribution in [0, 0.1) is 0 Å². The van der Waals surface area contributed by atoms with Gasteiger partial charge in [0.1, 0.15) is 11.7 Å². The fourth-order valence-corrected chi connectivity index (χ4v) is 3.71. The van der Waals surface area contributed by atoms with Gasteiger partial charge in [-0.1, -0.05) is 0 Å². The van der Waals surface area contributed by atoms with Gasteiger partial charge in [-0.2, -0.15) is 0 Å². The van der Waals surface area contributed by atoms with E-state index in [9.17, 15) is 9.90 Å². The van der Waals surface area contributed by atoms with Crippen LogP contribution in [0.5, 0.6) is 0 Å². The van der Waals surface area contributed by atoms with Crippen molar-refractivity contribution < 1.29 is 9.90 Å². The molecule has 1 atom stereocenters. The van der Waals surface area contributed by atoms with Gasteiger partial charge >= 0.3 is 5.97 Å². The van der Waals surface area contributed by atoms with Crippen LogP contribution in [0.4, 0.5) is 5.13 Å². The Kier molecular flexibility index (Phi) is 4.19. The lowest BCUT2D eigenvalue weighted by molar-refractivity contribution is -0.139. The number of H-pyrrole nitrogens is 1. The number of fused-ring (bicyclic) bond motifs is 1. The minimum atomic E-state index is -0.759. The molecule has 1 unspecified atom stereocenters. The van der Waals surface area contributed by atoms with Crippen LogP contribution in [0.2, 0.25) is 0 Å². The molecule has 0 aromatic carbocycles. The van der Waals surface area contributed by atoms with Crippen molar-refractivity contribution in [3.63, 3.8) is 0 Å². The topological polar surface area (TPSA) is 90.9 Å². The Morgan fingerprint density at radius 1 is 1.57 bits per heavy atom. The molecule has 3 rings (SSSR count). The van der Waals surface area contributed by atoms with Crippen LogP contribution in [0.1, 0.15) is 41.6 Å². The maximum atomic E-state index is 11.3. The number of hydrogen-bond acceptors (Lipinski definition) is 5. The van der Waals surface area contributed by atoms with Crippen molar-refractivity contribution in [2.24, 2.45) is 0 Å². The number of carbonyl (C=O) groups is 1. The molecule has 1 aliphatic carbocycles. The number of thiazole rings is 1. The summed E-state index contributed by atoms with van der Waals surface area (Å²) in [6, 6.07) is 0. The molecule has 2 aromatic rings. The minimum Gasteiger partial charge on any atom is -0.481 e. The summed E-state index contributed by atoms with van der Waals surface area (Å²) in [6.45, 7) is 0.810. The van der Waals surface area contributed by atoms with Crippen molar-refractivity contribution in [1.29, 1.82) is 0 Å². The highest BCUT2D eigenvalue weighted by Gasteiger charge is 2.29. The standard InChI is InChI=1S/C14H18N4O2S/c19-13(20)9-3-1-4-10-12(9)18-14(21-10)17-6-2-5-11-15-7-8-16-11/h7-9H,1-6H2,(H,15,16)(H,17,18)(H,19,20). The van der Waals surface area contributed by atoms with Crippen molar-refractivity contribution in [2.75, 3.05) is 11.9 Å². The number of imidazole rings is 1. The maximum absolute atomic E-state index is 11.3. The predicted molar refractivity (Wildman–Crippen MR) is 80.8 cm³/mol. The summed E-state index contributed by atoms with van der Waals surface area (Å²) in [5.74, 6) is -0.199. The number of aromatic nitrogens is 3. The van der Waals surface area contributed by atoms with Gasteiger partial charge in [-0.15, -0.1) is 11.3 Å². The van der Waals surface area contributed by atoms with Crippen molar-refractivity contribution >= 4 is 22.4 Å². The molecule has 2 aromatic heterocycles. The third-order valence-electron chi connectivity index (χ3n) is 3.67. The normalized spacial score (nSPS) is 17.4. The molecule has 0 bridgehead atoms. The molecule has 0 spiro atoms. The highest BCUT2D eigenvalue weighted by molar-refractivity contribution is 7.15. The van der Waals surface area contributed by atoms with Crippen LogP contribution >= 0.6 is 11.3 Å². The molecule has 0 radical (unpaired) electrons. The number of nitrogens with one attached hydrogen (secondary N) is 2. The van der Waals surface area contributed by atoms with E-state index in [1.165, 1.54) is 0 Å². The second kappa shape index (κ2) is 6.26. The van der Waals surface area contributed by atoms with Gasteiger partial charge in [-0.25, -0.2) is 9.97 Å². The van der Waals surface area contributed by atoms with Gasteiger partial charge in [0.05, 0.1) is 5.69 Å². The quantitative estimate of drug-likeness (QED) is 0.713. The first-order chi connectivity index (χ1) is 10.2. The van der Waals surface area contributed by atoms with Crippen LogP contribution in [-0.2, 0) is 17.6 Å². The second-order valence-corrected chi connectivity index (χ2v) is 6.26. The Hall–Kier alpha value is -1.89. The van der Waals surface area contributed by atoms with E-state index in [4.69, 9.17) is 0 Å². The Morgan fingerprint density at radius 2 is 2.48 bits per heavy atom. The van der Waals surface area contributed by atoms with Crippen molar-refractivity contribution in [1.82, 2.24) is 15.0 Å². The Balaban J connectivity index is 1.56. The van der Waals surface area contributed by atoms with Gasteiger partial charge in [-0.05, 0) is 25.7 Å². The van der Waals surface area contributed by atoms with Crippen LogP contribution in [0.25, 0.3) is 0 Å². The van der Waals surface area contributed by atoms with E-state index >= 15 is 0 Å². The monoisotopic (exact) mass is 306 g/mol. The smallest absolute Gasteiger partial charge is 0.312 e. The van der Waals surface area contributed by atoms with E-state index in [1.54, 1.807) is 17.5 Å². The molecule has 0 saturated carbocycles. The van der Waals surface area contributed by atoms with E-state index in [2.05, 4.69) is 20.3 Å². The zero-order valence-electron chi connectivity index (χ0n) is 11.6. The molecule has 0 aliphatic heterocycles. The molecular weight excluding hydrogens is 288 g/mol. The molecule has 0 fully saturated rings. The van der Waals surface area contributed by atoms with Gasteiger partial charge in [0.2, 0.25) is 0 Å². The molecule has 2 heterocycles. The lowest BCUT2D eigenvalue weighted by Gasteiger charge is -2.16. The fourth-order valence-electron chi connectivity index (χ4n) is 2.62. The van der Waals surface area contributed by atoms with Crippen LogP contribution in [-0.4, -0.2) is 32.6 Å². The molecule has 7 heteroatoms. The largest absolute Gasteiger partial charge is 0.481 e. The van der Waals surface area contributed by atoms with Crippen LogP contribution in [0.3, 0.4) is 0 Å². The number of aliphatic carboxylic acids is 1. The highest BCUT2D eigenvalue weighted by atomic mass is 32.1. The number of carboxylic acid groups (broad SMARTS) is 1. The number of hydrogen-bond donors (Lipinski definition) is 3. The van der Waals surface area contributed by atoms with E-state index in [0.29, 0.717) is 6.42 Å². The number of aromatic amines is 1. The lowest BCUT2D eigenvalue weighted by Crippen LogP contribution is -2.17. The van der Waals surface area contributed by atoms with Gasteiger partial charge < -0.3 is 15.4 Å². The zero-order chi connectivity index (χ0) is 14.7. The first kappa shape index (κ1) is 14.1. The molecule has 1 aliphatic rings. The molecular formula is C14H18N4O2S. The number of aryl methyl sites for hydroxylation is 2. The fraction of sp³-hybridized carbons (Fsp3) is 0.500. The number of anilines is 1. The number of nitrogens with zero attached hydrogens (tertiary/aromatic N) is 2. The van der Waals surface area contributed by atoms with Gasteiger partial charge in [0.15, 0.2) is 5.13 Å². The molecule has 6 nitrogen and oxygen atoms in total. The van der Waals surface area contributed by atoms with E-state index in [0.717, 1.165) is 53.8 Å². The molecule has 112 valence electrons. The van der Waals surface area contributed by atoms with Gasteiger partial charge in [0, 0.05) is 30.2 Å². The summed E-state index contributed by atoms with van der Waals surface area (Å²) >= 11 is 1.60. The Morgan fingerprint density at radius 3 is 3.24 bits per heavy atom. The summed E-state index contributed by atoms with van der Waals surface area (Å²) in [5.41, 5.74) is 0.771. The predicted octanol–water partition coefficient (Wildman–Crippen LogP) is 2.42. The van der Waals surface area contributed by atoms with E-state index in [-0.39, 0.29) is 0 Å². The molecule has 21 heavy (non-hydrogen) atoms. The summed E-state index contributed by atoms with van der Waals surface area (Å²) in [7, 11) is 0.